The van der Waals surface area contributed by atoms with Crippen molar-refractivity contribution in [2.75, 3.05) is 6.61 Å². The van der Waals surface area contributed by atoms with E-state index in [1.54, 1.807) is 43.3 Å². The standard InChI is InChI=1S/C18H19ClN2O4/c1-3-24-17-10-13(4-9-16(17)22)11-20-21-18(23)12(2)25-15-7-5-14(19)6-8-15/h4-12,22H,3H2,1-2H3,(H,21,23)/b20-11-/t12-/m0/s1. The third kappa shape index (κ3) is 5.69. The van der Waals surface area contributed by atoms with Gasteiger partial charge in [-0.1, -0.05) is 11.6 Å². The van der Waals surface area contributed by atoms with Gasteiger partial charge in [-0.25, -0.2) is 5.43 Å². The SMILES string of the molecule is CCOc1cc(/C=N\NC(=O)[C@H](C)Oc2ccc(Cl)cc2)ccc1O. The van der Waals surface area contributed by atoms with E-state index in [4.69, 9.17) is 21.1 Å². The lowest BCUT2D eigenvalue weighted by atomic mass is 10.2. The summed E-state index contributed by atoms with van der Waals surface area (Å²) in [5.41, 5.74) is 3.08. The van der Waals surface area contributed by atoms with Crippen LogP contribution in [-0.4, -0.2) is 29.9 Å². The molecule has 0 spiro atoms. The Bertz CT molecular complexity index is 747. The molecule has 7 heteroatoms. The third-order valence-electron chi connectivity index (χ3n) is 3.17. The lowest BCUT2D eigenvalue weighted by molar-refractivity contribution is -0.127. The molecule has 2 aromatic carbocycles. The molecule has 6 nitrogen and oxygen atoms in total. The maximum Gasteiger partial charge on any atom is 0.280 e. The molecule has 0 heterocycles. The van der Waals surface area contributed by atoms with Gasteiger partial charge in [0.25, 0.3) is 5.91 Å². The molecule has 2 N–H and O–H groups in total. The van der Waals surface area contributed by atoms with Crippen LogP contribution in [0.3, 0.4) is 0 Å². The molecule has 0 radical (unpaired) electrons. The summed E-state index contributed by atoms with van der Waals surface area (Å²) in [6.45, 7) is 3.88. The number of amides is 1. The third-order valence-corrected chi connectivity index (χ3v) is 3.42. The predicted molar refractivity (Wildman–Crippen MR) is 96.6 cm³/mol. The lowest BCUT2D eigenvalue weighted by Gasteiger charge is -2.12. The van der Waals surface area contributed by atoms with Gasteiger partial charge >= 0.3 is 0 Å². The van der Waals surface area contributed by atoms with E-state index in [0.717, 1.165) is 0 Å². The Kier molecular flexibility index (Phi) is 6.65. The Morgan fingerprint density at radius 2 is 2.04 bits per heavy atom. The fraction of sp³-hybridized carbons (Fsp3) is 0.222. The van der Waals surface area contributed by atoms with Crippen LogP contribution in [0.25, 0.3) is 0 Å². The number of carbonyl (C=O) groups excluding carboxylic acids is 1. The van der Waals surface area contributed by atoms with Gasteiger partial charge in [0.1, 0.15) is 5.75 Å². The van der Waals surface area contributed by atoms with E-state index < -0.39 is 12.0 Å². The number of hydrogen-bond donors (Lipinski definition) is 2. The minimum absolute atomic E-state index is 0.0491. The van der Waals surface area contributed by atoms with E-state index in [-0.39, 0.29) is 5.75 Å². The van der Waals surface area contributed by atoms with Crippen LogP contribution in [0.1, 0.15) is 19.4 Å². The molecular weight excluding hydrogens is 344 g/mol. The van der Waals surface area contributed by atoms with Gasteiger partial charge in [0.15, 0.2) is 17.6 Å². The van der Waals surface area contributed by atoms with E-state index in [9.17, 15) is 9.90 Å². The van der Waals surface area contributed by atoms with Crippen molar-refractivity contribution in [2.24, 2.45) is 5.10 Å². The van der Waals surface area contributed by atoms with Crippen LogP contribution >= 0.6 is 11.6 Å². The Labute approximate surface area is 151 Å². The number of phenols is 1. The van der Waals surface area contributed by atoms with Crippen LogP contribution in [0.2, 0.25) is 5.02 Å². The molecule has 0 saturated carbocycles. The minimum Gasteiger partial charge on any atom is -0.504 e. The first-order valence-corrected chi connectivity index (χ1v) is 8.08. The van der Waals surface area contributed by atoms with E-state index in [1.165, 1.54) is 12.3 Å². The molecule has 0 aliphatic heterocycles. The number of aromatic hydroxyl groups is 1. The summed E-state index contributed by atoms with van der Waals surface area (Å²) in [4.78, 5) is 12.0. The second-order valence-corrected chi connectivity index (χ2v) is 5.54. The average Bonchev–Trinajstić information content (AvgIpc) is 2.59. The van der Waals surface area contributed by atoms with Crippen LogP contribution < -0.4 is 14.9 Å². The second-order valence-electron chi connectivity index (χ2n) is 5.11. The van der Waals surface area contributed by atoms with E-state index in [1.807, 2.05) is 6.92 Å². The normalized spacial score (nSPS) is 12.0. The number of halogens is 1. The number of nitrogens with one attached hydrogen (secondary N) is 1. The van der Waals surface area contributed by atoms with E-state index >= 15 is 0 Å². The highest BCUT2D eigenvalue weighted by Gasteiger charge is 2.13. The first-order chi connectivity index (χ1) is 12.0. The van der Waals surface area contributed by atoms with Gasteiger partial charge in [-0.15, -0.1) is 0 Å². The summed E-state index contributed by atoms with van der Waals surface area (Å²) in [7, 11) is 0. The summed E-state index contributed by atoms with van der Waals surface area (Å²) in [6, 6.07) is 11.5. The lowest BCUT2D eigenvalue weighted by Crippen LogP contribution is -2.33. The fourth-order valence-electron chi connectivity index (χ4n) is 1.91. The van der Waals surface area contributed by atoms with Crippen LogP contribution in [0.5, 0.6) is 17.2 Å². The molecule has 0 fully saturated rings. The zero-order valence-electron chi connectivity index (χ0n) is 13.9. The molecule has 0 aliphatic rings. The molecule has 0 saturated heterocycles. The smallest absolute Gasteiger partial charge is 0.280 e. The van der Waals surface area contributed by atoms with Crippen molar-refractivity contribution in [3.63, 3.8) is 0 Å². The number of nitrogens with zero attached hydrogens (tertiary/aromatic N) is 1. The molecule has 0 aromatic heterocycles. The van der Waals surface area contributed by atoms with Gasteiger partial charge in [-0.05, 0) is 61.9 Å². The summed E-state index contributed by atoms with van der Waals surface area (Å²) < 4.78 is 10.8. The van der Waals surface area contributed by atoms with Crippen LogP contribution in [0, 0.1) is 0 Å². The quantitative estimate of drug-likeness (QED) is 0.584. The van der Waals surface area contributed by atoms with Crippen LogP contribution in [-0.2, 0) is 4.79 Å². The van der Waals surface area contributed by atoms with E-state index in [0.29, 0.717) is 28.7 Å². The molecule has 1 atom stereocenters. The zero-order valence-corrected chi connectivity index (χ0v) is 14.7. The topological polar surface area (TPSA) is 80.2 Å². The van der Waals surface area contributed by atoms with Crippen molar-refractivity contribution >= 4 is 23.7 Å². The van der Waals surface area contributed by atoms with Crippen LogP contribution in [0.4, 0.5) is 0 Å². The second kappa shape index (κ2) is 8.94. The van der Waals surface area contributed by atoms with Gasteiger partial charge in [0.2, 0.25) is 0 Å². The van der Waals surface area contributed by atoms with Crippen molar-refractivity contribution < 1.29 is 19.4 Å². The molecule has 2 aromatic rings. The van der Waals surface area contributed by atoms with Crippen molar-refractivity contribution in [1.29, 1.82) is 0 Å². The first-order valence-electron chi connectivity index (χ1n) is 7.70. The summed E-state index contributed by atoms with van der Waals surface area (Å²) in [6.07, 6.45) is 0.728. The molecule has 1 amide bonds. The maximum atomic E-state index is 12.0. The molecule has 0 bridgehead atoms. The molecule has 25 heavy (non-hydrogen) atoms. The van der Waals surface area contributed by atoms with Crippen molar-refractivity contribution in [2.45, 2.75) is 20.0 Å². The molecule has 0 aliphatic carbocycles. The Morgan fingerprint density at radius 3 is 2.72 bits per heavy atom. The number of benzene rings is 2. The summed E-state index contributed by atoms with van der Waals surface area (Å²) >= 11 is 5.80. The fourth-order valence-corrected chi connectivity index (χ4v) is 2.04. The van der Waals surface area contributed by atoms with Crippen molar-refractivity contribution in [1.82, 2.24) is 5.43 Å². The Balaban J connectivity index is 1.91. The molecule has 0 unspecified atom stereocenters. The van der Waals surface area contributed by atoms with E-state index in [2.05, 4.69) is 10.5 Å². The summed E-state index contributed by atoms with van der Waals surface area (Å²) in [5.74, 6) is 0.552. The largest absolute Gasteiger partial charge is 0.504 e. The Morgan fingerprint density at radius 1 is 1.32 bits per heavy atom. The average molecular weight is 363 g/mol. The monoisotopic (exact) mass is 362 g/mol. The number of hydrazone groups is 1. The highest BCUT2D eigenvalue weighted by atomic mass is 35.5. The highest BCUT2D eigenvalue weighted by molar-refractivity contribution is 6.30. The zero-order chi connectivity index (χ0) is 18.2. The predicted octanol–water partition coefficient (Wildman–Crippen LogP) is 3.36. The number of rotatable bonds is 7. The number of hydrogen-bond acceptors (Lipinski definition) is 5. The number of carbonyl (C=O) groups is 1. The number of phenolic OH excluding ortho intramolecular Hbond substituents is 1. The highest BCUT2D eigenvalue weighted by Crippen LogP contribution is 2.26. The van der Waals surface area contributed by atoms with Crippen molar-refractivity contribution in [3.8, 4) is 17.2 Å². The summed E-state index contributed by atoms with van der Waals surface area (Å²) in [5, 5.41) is 14.1. The van der Waals surface area contributed by atoms with Crippen molar-refractivity contribution in [3.05, 3.63) is 53.1 Å². The van der Waals surface area contributed by atoms with Gasteiger partial charge in [-0.2, -0.15) is 5.10 Å². The Hall–Kier alpha value is -2.73. The number of ether oxygens (including phenoxy) is 2. The first kappa shape index (κ1) is 18.6. The molecular formula is C18H19ClN2O4. The van der Waals surface area contributed by atoms with Gasteiger partial charge in [0.05, 0.1) is 12.8 Å². The molecule has 2 rings (SSSR count). The van der Waals surface area contributed by atoms with Gasteiger partial charge < -0.3 is 14.6 Å². The molecule has 132 valence electrons. The van der Waals surface area contributed by atoms with Gasteiger partial charge in [0, 0.05) is 5.02 Å². The maximum absolute atomic E-state index is 12.0. The van der Waals surface area contributed by atoms with Crippen LogP contribution in [0.15, 0.2) is 47.6 Å². The minimum atomic E-state index is -0.725. The van der Waals surface area contributed by atoms with Gasteiger partial charge in [-0.3, -0.25) is 4.79 Å².